The summed E-state index contributed by atoms with van der Waals surface area (Å²) in [4.78, 5) is 26.6. The molecule has 0 aliphatic heterocycles. The van der Waals surface area contributed by atoms with Crippen molar-refractivity contribution in [1.29, 1.82) is 0 Å². The highest BCUT2D eigenvalue weighted by molar-refractivity contribution is 6.33. The van der Waals surface area contributed by atoms with Gasteiger partial charge in [0.2, 0.25) is 5.95 Å². The van der Waals surface area contributed by atoms with E-state index >= 15 is 0 Å². The molecule has 0 aliphatic carbocycles. The van der Waals surface area contributed by atoms with Crippen molar-refractivity contribution in [2.45, 2.75) is 0 Å². The summed E-state index contributed by atoms with van der Waals surface area (Å²) >= 11 is 5.93. The van der Waals surface area contributed by atoms with Crippen LogP contribution in [0.1, 0.15) is 10.4 Å². The summed E-state index contributed by atoms with van der Waals surface area (Å²) in [6, 6.07) is 5.11. The molecule has 100 valence electrons. The van der Waals surface area contributed by atoms with Crippen molar-refractivity contribution in [3.8, 4) is 0 Å². The van der Waals surface area contributed by atoms with Gasteiger partial charge in [-0.25, -0.2) is 9.37 Å². The Morgan fingerprint density at radius 3 is 2.75 bits per heavy atom. The van der Waals surface area contributed by atoms with Crippen molar-refractivity contribution in [2.75, 3.05) is 5.32 Å². The van der Waals surface area contributed by atoms with E-state index in [1.807, 2.05) is 0 Å². The van der Waals surface area contributed by atoms with Crippen molar-refractivity contribution >= 4 is 34.6 Å². The molecule has 0 saturated heterocycles. The molecular formula is C12H7ClFN5O. The molecule has 0 aliphatic rings. The number of hydrogen-bond donors (Lipinski definition) is 2. The number of H-pyrrole nitrogens is 1. The Morgan fingerprint density at radius 1 is 1.25 bits per heavy atom. The molecule has 0 saturated carbocycles. The van der Waals surface area contributed by atoms with Crippen LogP contribution in [0.5, 0.6) is 0 Å². The molecule has 1 amide bonds. The fourth-order valence-electron chi connectivity index (χ4n) is 1.63. The largest absolute Gasteiger partial charge is 0.341 e. The summed E-state index contributed by atoms with van der Waals surface area (Å²) in [5.74, 6) is -0.848. The van der Waals surface area contributed by atoms with Gasteiger partial charge in [-0.15, -0.1) is 0 Å². The minimum atomic E-state index is -0.462. The van der Waals surface area contributed by atoms with Gasteiger partial charge in [0.05, 0.1) is 6.33 Å². The zero-order valence-corrected chi connectivity index (χ0v) is 10.6. The number of halogens is 2. The number of fused-ring (bicyclic) bond motifs is 1. The van der Waals surface area contributed by atoms with Gasteiger partial charge in [-0.1, -0.05) is 11.6 Å². The van der Waals surface area contributed by atoms with Gasteiger partial charge < -0.3 is 4.98 Å². The molecule has 0 unspecified atom stereocenters. The van der Waals surface area contributed by atoms with Gasteiger partial charge in [0.25, 0.3) is 5.91 Å². The number of anilines is 1. The highest BCUT2D eigenvalue weighted by Gasteiger charge is 2.12. The highest BCUT2D eigenvalue weighted by Crippen LogP contribution is 2.18. The third-order valence-electron chi connectivity index (χ3n) is 2.57. The lowest BCUT2D eigenvalue weighted by molar-refractivity contribution is 0.102. The molecule has 1 aromatic carbocycles. The van der Waals surface area contributed by atoms with Gasteiger partial charge in [-0.3, -0.25) is 10.1 Å². The molecule has 0 fully saturated rings. The predicted molar refractivity (Wildman–Crippen MR) is 71.0 cm³/mol. The van der Waals surface area contributed by atoms with Gasteiger partial charge in [-0.2, -0.15) is 9.97 Å². The lowest BCUT2D eigenvalue weighted by Crippen LogP contribution is -2.14. The molecule has 3 aromatic rings. The van der Waals surface area contributed by atoms with Gasteiger partial charge in [0.15, 0.2) is 10.8 Å². The molecular weight excluding hydrogens is 285 g/mol. The standard InChI is InChI=1S/C12H7ClFN5O/c13-9-8-10(16-5-15-8)18-12(17-9)19-11(20)6-1-3-7(14)4-2-6/h1-5H,(H2,15,16,17,18,19,20). The minimum Gasteiger partial charge on any atom is -0.341 e. The van der Waals surface area contributed by atoms with Gasteiger partial charge in [0, 0.05) is 5.56 Å². The Labute approximate surface area is 117 Å². The van der Waals surface area contributed by atoms with E-state index in [-0.39, 0.29) is 16.7 Å². The SMILES string of the molecule is O=C(Nc1nc(Cl)c2[nH]cnc2n1)c1ccc(F)cc1. The van der Waals surface area contributed by atoms with Gasteiger partial charge >= 0.3 is 0 Å². The monoisotopic (exact) mass is 291 g/mol. The second-order valence-electron chi connectivity index (χ2n) is 3.90. The Hall–Kier alpha value is -2.54. The van der Waals surface area contributed by atoms with Gasteiger partial charge in [-0.05, 0) is 24.3 Å². The van der Waals surface area contributed by atoms with E-state index in [4.69, 9.17) is 11.6 Å². The topological polar surface area (TPSA) is 83.6 Å². The average Bonchev–Trinajstić information content (AvgIpc) is 2.88. The van der Waals surface area contributed by atoms with Crippen molar-refractivity contribution < 1.29 is 9.18 Å². The molecule has 3 rings (SSSR count). The number of benzene rings is 1. The van der Waals surface area contributed by atoms with Crippen LogP contribution >= 0.6 is 11.6 Å². The van der Waals surface area contributed by atoms with Crippen molar-refractivity contribution in [2.24, 2.45) is 0 Å². The molecule has 0 bridgehead atoms. The van der Waals surface area contributed by atoms with Crippen molar-refractivity contribution in [1.82, 2.24) is 19.9 Å². The third kappa shape index (κ3) is 2.30. The van der Waals surface area contributed by atoms with E-state index in [0.717, 1.165) is 0 Å². The Bertz CT molecular complexity index is 786. The molecule has 0 atom stereocenters. The van der Waals surface area contributed by atoms with Crippen LogP contribution in [0.15, 0.2) is 30.6 Å². The van der Waals surface area contributed by atoms with Crippen LogP contribution in [0.4, 0.5) is 10.3 Å². The predicted octanol–water partition coefficient (Wildman–Crippen LogP) is 2.40. The summed E-state index contributed by atoms with van der Waals surface area (Å²) in [5.41, 5.74) is 1.12. The van der Waals surface area contributed by atoms with Crippen LogP contribution in [-0.2, 0) is 0 Å². The molecule has 2 aromatic heterocycles. The quantitative estimate of drug-likeness (QED) is 0.710. The second-order valence-corrected chi connectivity index (χ2v) is 4.26. The first-order valence-electron chi connectivity index (χ1n) is 5.57. The maximum atomic E-state index is 12.8. The van der Waals surface area contributed by atoms with Crippen LogP contribution in [0.3, 0.4) is 0 Å². The number of imidazole rings is 1. The summed E-state index contributed by atoms with van der Waals surface area (Å²) in [7, 11) is 0. The summed E-state index contributed by atoms with van der Waals surface area (Å²) in [6.45, 7) is 0. The fraction of sp³-hybridized carbons (Fsp3) is 0. The van der Waals surface area contributed by atoms with Gasteiger partial charge in [0.1, 0.15) is 11.3 Å². The second kappa shape index (κ2) is 4.86. The van der Waals surface area contributed by atoms with Crippen LogP contribution < -0.4 is 5.32 Å². The number of carbonyl (C=O) groups excluding carboxylic acids is 1. The number of aromatic nitrogens is 4. The smallest absolute Gasteiger partial charge is 0.258 e. The number of amides is 1. The van der Waals surface area contributed by atoms with E-state index in [0.29, 0.717) is 11.2 Å². The molecule has 0 spiro atoms. The van der Waals surface area contributed by atoms with E-state index < -0.39 is 11.7 Å². The van der Waals surface area contributed by atoms with Crippen LogP contribution in [0.2, 0.25) is 5.15 Å². The van der Waals surface area contributed by atoms with Crippen molar-refractivity contribution in [3.05, 3.63) is 47.1 Å². The fourth-order valence-corrected chi connectivity index (χ4v) is 1.85. The van der Waals surface area contributed by atoms with Crippen LogP contribution in [0, 0.1) is 5.82 Å². The van der Waals surface area contributed by atoms with E-state index in [1.54, 1.807) is 0 Å². The highest BCUT2D eigenvalue weighted by atomic mass is 35.5. The Kier molecular flexibility index (Phi) is 3.03. The molecule has 0 radical (unpaired) electrons. The Balaban J connectivity index is 1.88. The maximum absolute atomic E-state index is 12.8. The first kappa shape index (κ1) is 12.5. The normalized spacial score (nSPS) is 10.7. The number of nitrogens with zero attached hydrogens (tertiary/aromatic N) is 3. The van der Waals surface area contributed by atoms with Crippen molar-refractivity contribution in [3.63, 3.8) is 0 Å². The third-order valence-corrected chi connectivity index (χ3v) is 2.85. The lowest BCUT2D eigenvalue weighted by atomic mass is 10.2. The molecule has 20 heavy (non-hydrogen) atoms. The number of carbonyl (C=O) groups is 1. The maximum Gasteiger partial charge on any atom is 0.258 e. The van der Waals surface area contributed by atoms with E-state index in [2.05, 4.69) is 25.3 Å². The summed E-state index contributed by atoms with van der Waals surface area (Å²) < 4.78 is 12.8. The van der Waals surface area contributed by atoms with E-state index in [9.17, 15) is 9.18 Å². The van der Waals surface area contributed by atoms with Crippen LogP contribution in [-0.4, -0.2) is 25.8 Å². The van der Waals surface area contributed by atoms with E-state index in [1.165, 1.54) is 30.6 Å². The average molecular weight is 292 g/mol. The number of nitrogens with one attached hydrogen (secondary N) is 2. The van der Waals surface area contributed by atoms with Crippen LogP contribution in [0.25, 0.3) is 11.2 Å². The number of hydrogen-bond acceptors (Lipinski definition) is 4. The lowest BCUT2D eigenvalue weighted by Gasteiger charge is -2.04. The molecule has 2 N–H and O–H groups in total. The number of aromatic amines is 1. The summed E-state index contributed by atoms with van der Waals surface area (Å²) in [6.07, 6.45) is 1.43. The summed E-state index contributed by atoms with van der Waals surface area (Å²) in [5, 5.41) is 2.63. The molecule has 8 heteroatoms. The molecule has 6 nitrogen and oxygen atoms in total. The zero-order chi connectivity index (χ0) is 14.1. The Morgan fingerprint density at radius 2 is 2.00 bits per heavy atom. The number of rotatable bonds is 2. The molecule has 2 heterocycles. The first-order valence-corrected chi connectivity index (χ1v) is 5.95. The minimum absolute atomic E-state index is 0.0314. The zero-order valence-electron chi connectivity index (χ0n) is 9.89. The first-order chi connectivity index (χ1) is 9.63.